The molecule has 0 bridgehead atoms. The minimum Gasteiger partial charge on any atom is -0.373 e. The molecule has 0 spiro atoms. The van der Waals surface area contributed by atoms with E-state index in [1.54, 1.807) is 24.3 Å². The predicted octanol–water partition coefficient (Wildman–Crippen LogP) is 3.65. The highest BCUT2D eigenvalue weighted by atomic mass is 16.6. The van der Waals surface area contributed by atoms with E-state index in [1.807, 2.05) is 51.1 Å². The van der Waals surface area contributed by atoms with E-state index >= 15 is 0 Å². The maximum Gasteiger partial charge on any atom is 0.269 e. The average molecular weight is 408 g/mol. The Balaban J connectivity index is 1.61. The number of benzene rings is 2. The molecule has 0 saturated carbocycles. The van der Waals surface area contributed by atoms with Crippen molar-refractivity contribution in [2.75, 3.05) is 37.6 Å². The van der Waals surface area contributed by atoms with Crippen LogP contribution in [-0.2, 0) is 5.60 Å². The molecule has 0 amide bonds. The normalized spacial score (nSPS) is 17.0. The van der Waals surface area contributed by atoms with Crippen LogP contribution in [0.4, 0.5) is 11.4 Å². The fourth-order valence-electron chi connectivity index (χ4n) is 3.60. The van der Waals surface area contributed by atoms with Gasteiger partial charge < -0.3 is 10.0 Å². The molecule has 158 valence electrons. The van der Waals surface area contributed by atoms with Gasteiger partial charge in [-0.05, 0) is 17.7 Å². The highest BCUT2D eigenvalue weighted by Crippen LogP contribution is 2.38. The molecule has 30 heavy (non-hydrogen) atoms. The van der Waals surface area contributed by atoms with Crippen LogP contribution < -0.4 is 4.90 Å². The Kier molecular flexibility index (Phi) is 6.45. The molecule has 1 heterocycles. The van der Waals surface area contributed by atoms with Crippen molar-refractivity contribution in [1.82, 2.24) is 4.90 Å². The number of nitro groups is 1. The Morgan fingerprint density at radius 3 is 2.13 bits per heavy atom. The zero-order valence-corrected chi connectivity index (χ0v) is 17.8. The number of non-ortho nitro benzene ring substituents is 1. The lowest BCUT2D eigenvalue weighted by molar-refractivity contribution is -0.384. The topological polar surface area (TPSA) is 69.8 Å². The Morgan fingerprint density at radius 2 is 1.60 bits per heavy atom. The van der Waals surface area contributed by atoms with E-state index in [9.17, 15) is 15.2 Å². The molecule has 2 aromatic carbocycles. The first-order valence-corrected chi connectivity index (χ1v) is 10.2. The fourth-order valence-corrected chi connectivity index (χ4v) is 3.60. The van der Waals surface area contributed by atoms with Crippen LogP contribution in [0.1, 0.15) is 26.3 Å². The molecular weight excluding hydrogens is 378 g/mol. The van der Waals surface area contributed by atoms with Crippen LogP contribution in [0.25, 0.3) is 0 Å². The van der Waals surface area contributed by atoms with Crippen LogP contribution in [0.5, 0.6) is 0 Å². The van der Waals surface area contributed by atoms with Crippen molar-refractivity contribution in [3.63, 3.8) is 0 Å². The molecule has 1 aliphatic heterocycles. The number of rotatable bonds is 4. The van der Waals surface area contributed by atoms with E-state index in [1.165, 1.54) is 0 Å². The van der Waals surface area contributed by atoms with Gasteiger partial charge in [-0.15, -0.1) is 0 Å². The molecule has 1 fully saturated rings. The van der Waals surface area contributed by atoms with Crippen molar-refractivity contribution < 1.29 is 10.0 Å². The van der Waals surface area contributed by atoms with E-state index in [0.29, 0.717) is 6.54 Å². The maximum atomic E-state index is 11.4. The predicted molar refractivity (Wildman–Crippen MR) is 119 cm³/mol. The number of aliphatic hydroxyl groups is 1. The van der Waals surface area contributed by atoms with E-state index in [-0.39, 0.29) is 10.6 Å². The summed E-state index contributed by atoms with van der Waals surface area (Å²) in [5.74, 6) is 6.35. The molecule has 1 N–H and O–H groups in total. The summed E-state index contributed by atoms with van der Waals surface area (Å²) in [4.78, 5) is 14.9. The van der Waals surface area contributed by atoms with Crippen LogP contribution in [0, 0.1) is 27.4 Å². The largest absolute Gasteiger partial charge is 0.373 e. The molecule has 0 aliphatic carbocycles. The maximum absolute atomic E-state index is 11.4. The van der Waals surface area contributed by atoms with Gasteiger partial charge in [0.1, 0.15) is 0 Å². The van der Waals surface area contributed by atoms with Gasteiger partial charge in [-0.1, -0.05) is 62.9 Å². The first kappa shape index (κ1) is 21.8. The van der Waals surface area contributed by atoms with Gasteiger partial charge in [-0.3, -0.25) is 15.0 Å². The van der Waals surface area contributed by atoms with E-state index < -0.39 is 11.0 Å². The quantitative estimate of drug-likeness (QED) is 0.476. The first-order valence-electron chi connectivity index (χ1n) is 10.2. The number of piperazine rings is 1. The second-order valence-corrected chi connectivity index (χ2v) is 8.66. The second kappa shape index (κ2) is 8.86. The molecule has 2 aromatic rings. The summed E-state index contributed by atoms with van der Waals surface area (Å²) in [6, 6.07) is 16.3. The number of hydrogen-bond acceptors (Lipinski definition) is 5. The molecule has 0 radical (unpaired) electrons. The number of hydrogen-bond donors (Lipinski definition) is 1. The lowest BCUT2D eigenvalue weighted by Crippen LogP contribution is -2.46. The SMILES string of the molecule is CC(C)(C)C(O)(C#CCN1CCN(c2ccc([N+](=O)[O-])cc2)CC1)c1ccccc1. The van der Waals surface area contributed by atoms with Crippen LogP contribution in [0.15, 0.2) is 54.6 Å². The van der Waals surface area contributed by atoms with Crippen molar-refractivity contribution in [2.45, 2.75) is 26.4 Å². The van der Waals surface area contributed by atoms with E-state index in [2.05, 4.69) is 21.6 Å². The van der Waals surface area contributed by atoms with Crippen LogP contribution in [0.2, 0.25) is 0 Å². The lowest BCUT2D eigenvalue weighted by Gasteiger charge is -2.37. The third-order valence-corrected chi connectivity index (χ3v) is 5.65. The van der Waals surface area contributed by atoms with Gasteiger partial charge in [-0.25, -0.2) is 0 Å². The van der Waals surface area contributed by atoms with Crippen molar-refractivity contribution in [3.8, 4) is 11.8 Å². The number of nitro benzene ring substituents is 1. The van der Waals surface area contributed by atoms with Gasteiger partial charge in [0.05, 0.1) is 11.5 Å². The Labute approximate surface area is 178 Å². The van der Waals surface area contributed by atoms with Crippen molar-refractivity contribution in [2.24, 2.45) is 5.41 Å². The highest BCUT2D eigenvalue weighted by molar-refractivity contribution is 5.51. The van der Waals surface area contributed by atoms with Crippen molar-refractivity contribution in [1.29, 1.82) is 0 Å². The van der Waals surface area contributed by atoms with Gasteiger partial charge in [0.2, 0.25) is 0 Å². The van der Waals surface area contributed by atoms with Crippen molar-refractivity contribution in [3.05, 3.63) is 70.3 Å². The summed E-state index contributed by atoms with van der Waals surface area (Å²) in [6.45, 7) is 9.96. The summed E-state index contributed by atoms with van der Waals surface area (Å²) in [5, 5.41) is 22.2. The molecule has 3 rings (SSSR count). The lowest BCUT2D eigenvalue weighted by atomic mass is 9.72. The van der Waals surface area contributed by atoms with E-state index in [0.717, 1.165) is 37.4 Å². The molecule has 1 saturated heterocycles. The molecule has 6 nitrogen and oxygen atoms in total. The van der Waals surface area contributed by atoms with E-state index in [4.69, 9.17) is 0 Å². The molecular formula is C24H29N3O3. The Morgan fingerprint density at radius 1 is 1.00 bits per heavy atom. The first-order chi connectivity index (χ1) is 14.2. The number of anilines is 1. The number of nitrogens with zero attached hydrogens (tertiary/aromatic N) is 3. The summed E-state index contributed by atoms with van der Waals surface area (Å²) < 4.78 is 0. The van der Waals surface area contributed by atoms with Gasteiger partial charge in [0.25, 0.3) is 5.69 Å². The zero-order chi connectivity index (χ0) is 21.8. The third kappa shape index (κ3) is 4.81. The third-order valence-electron chi connectivity index (χ3n) is 5.65. The Hall–Kier alpha value is -2.88. The molecule has 1 unspecified atom stereocenters. The summed E-state index contributed by atoms with van der Waals surface area (Å²) in [5.41, 5.74) is 0.285. The highest BCUT2D eigenvalue weighted by Gasteiger charge is 2.40. The van der Waals surface area contributed by atoms with Gasteiger partial charge in [-0.2, -0.15) is 0 Å². The summed E-state index contributed by atoms with van der Waals surface area (Å²) in [7, 11) is 0. The molecule has 1 aliphatic rings. The molecule has 1 atom stereocenters. The minimum absolute atomic E-state index is 0.109. The monoisotopic (exact) mass is 407 g/mol. The van der Waals surface area contributed by atoms with Gasteiger partial charge in [0, 0.05) is 49.4 Å². The smallest absolute Gasteiger partial charge is 0.269 e. The van der Waals surface area contributed by atoms with Crippen LogP contribution >= 0.6 is 0 Å². The second-order valence-electron chi connectivity index (χ2n) is 8.66. The molecule has 6 heteroatoms. The zero-order valence-electron chi connectivity index (χ0n) is 17.8. The fraction of sp³-hybridized carbons (Fsp3) is 0.417. The minimum atomic E-state index is -1.21. The van der Waals surface area contributed by atoms with Crippen LogP contribution in [-0.4, -0.2) is 47.7 Å². The molecule has 0 aromatic heterocycles. The van der Waals surface area contributed by atoms with Gasteiger partial charge >= 0.3 is 0 Å². The van der Waals surface area contributed by atoms with Crippen LogP contribution in [0.3, 0.4) is 0 Å². The average Bonchev–Trinajstić information content (AvgIpc) is 2.74. The summed E-state index contributed by atoms with van der Waals surface area (Å²) in [6.07, 6.45) is 0. The Bertz CT molecular complexity index is 918. The van der Waals surface area contributed by atoms with Gasteiger partial charge in [0.15, 0.2) is 5.60 Å². The van der Waals surface area contributed by atoms with Crippen molar-refractivity contribution >= 4 is 11.4 Å². The standard InChI is InChI=1S/C24H29N3O3/c1-23(2,3)24(28,20-8-5-4-6-9-20)14-7-15-25-16-18-26(19-17-25)21-10-12-22(13-11-21)27(29)30/h4-6,8-13,28H,15-19H2,1-3H3. The summed E-state index contributed by atoms with van der Waals surface area (Å²) >= 11 is 0.